The van der Waals surface area contributed by atoms with E-state index >= 15 is 0 Å². The summed E-state index contributed by atoms with van der Waals surface area (Å²) in [6.07, 6.45) is 7.69. The molecule has 0 aromatic rings. The Hall–Kier alpha value is -0.910. The minimum atomic E-state index is -0.933. The third kappa shape index (κ3) is 5.77. The quantitative estimate of drug-likeness (QED) is 0.403. The Morgan fingerprint density at radius 1 is 1.43 bits per heavy atom. The summed E-state index contributed by atoms with van der Waals surface area (Å²) in [7, 11) is 0. The summed E-state index contributed by atoms with van der Waals surface area (Å²) in [6.45, 7) is 6.29. The molecular weight excluding hydrogens is 272 g/mol. The highest BCUT2D eigenvalue weighted by atomic mass is 16.8. The number of esters is 1. The summed E-state index contributed by atoms with van der Waals surface area (Å²) in [4.78, 5) is 11.5. The first kappa shape index (κ1) is 18.1. The molecule has 5 heteroatoms. The van der Waals surface area contributed by atoms with Crippen molar-refractivity contribution < 1.29 is 24.1 Å². The highest BCUT2D eigenvalue weighted by molar-refractivity contribution is 5.69. The average Bonchev–Trinajstić information content (AvgIpc) is 2.81. The molecule has 0 aromatic heterocycles. The van der Waals surface area contributed by atoms with E-state index in [1.165, 1.54) is 0 Å². The van der Waals surface area contributed by atoms with Crippen LogP contribution in [0.25, 0.3) is 0 Å². The lowest BCUT2D eigenvalue weighted by atomic mass is 10.1. The third-order valence-corrected chi connectivity index (χ3v) is 3.45. The Morgan fingerprint density at radius 2 is 2.19 bits per heavy atom. The highest BCUT2D eigenvalue weighted by Gasteiger charge is 2.46. The van der Waals surface area contributed by atoms with E-state index in [9.17, 15) is 9.90 Å². The van der Waals surface area contributed by atoms with Gasteiger partial charge in [-0.3, -0.25) is 4.79 Å². The Labute approximate surface area is 127 Å². The lowest BCUT2D eigenvalue weighted by molar-refractivity contribution is -0.168. The summed E-state index contributed by atoms with van der Waals surface area (Å²) in [6, 6.07) is 0. The van der Waals surface area contributed by atoms with Crippen LogP contribution in [0.1, 0.15) is 52.9 Å². The van der Waals surface area contributed by atoms with E-state index in [1.807, 2.05) is 12.2 Å². The van der Waals surface area contributed by atoms with Gasteiger partial charge in [0.25, 0.3) is 0 Å². The first-order valence-corrected chi connectivity index (χ1v) is 7.77. The van der Waals surface area contributed by atoms with Crippen molar-refractivity contribution in [3.8, 4) is 0 Å². The number of carbonyl (C=O) groups is 1. The number of ether oxygens (including phenoxy) is 3. The van der Waals surface area contributed by atoms with Crippen molar-refractivity contribution in [1.82, 2.24) is 0 Å². The molecule has 1 N–H and O–H groups in total. The number of aliphatic hydroxyl groups is 1. The summed E-state index contributed by atoms with van der Waals surface area (Å²) in [5, 5.41) is 9.41. The van der Waals surface area contributed by atoms with Gasteiger partial charge in [0.1, 0.15) is 5.60 Å². The number of allylic oxidation sites excluding steroid dienone is 1. The maximum atomic E-state index is 11.5. The molecule has 0 aromatic carbocycles. The van der Waals surface area contributed by atoms with Gasteiger partial charge < -0.3 is 19.3 Å². The third-order valence-electron chi connectivity index (χ3n) is 3.45. The second-order valence-corrected chi connectivity index (χ2v) is 5.66. The number of unbranched alkanes of at least 4 members (excludes halogenated alkanes) is 2. The Balaban J connectivity index is 2.67. The largest absolute Gasteiger partial charge is 0.466 e. The number of hydrogen-bond acceptors (Lipinski definition) is 5. The predicted molar refractivity (Wildman–Crippen MR) is 79.8 cm³/mol. The standard InChI is InChI=1S/C16H28O5/c1-4-6-7-8-10-16(11-9-14(18)19-5-2)20-13-15(3,12-17)21-16/h8,10,17H,4-7,9,11-13H2,1-3H3/b10-8+/t15-,16-/m0/s1. The predicted octanol–water partition coefficient (Wildman–Crippen LogP) is 2.57. The van der Waals surface area contributed by atoms with Crippen LogP contribution in [0.3, 0.4) is 0 Å². The van der Waals surface area contributed by atoms with Gasteiger partial charge >= 0.3 is 5.97 Å². The lowest BCUT2D eigenvalue weighted by Crippen LogP contribution is -2.36. The zero-order valence-corrected chi connectivity index (χ0v) is 13.4. The van der Waals surface area contributed by atoms with Gasteiger partial charge in [-0.1, -0.05) is 25.8 Å². The zero-order chi connectivity index (χ0) is 15.8. The van der Waals surface area contributed by atoms with Crippen LogP contribution in [-0.4, -0.2) is 42.3 Å². The van der Waals surface area contributed by atoms with Crippen LogP contribution >= 0.6 is 0 Å². The molecule has 2 atom stereocenters. The van der Waals surface area contributed by atoms with Crippen LogP contribution < -0.4 is 0 Å². The monoisotopic (exact) mass is 300 g/mol. The molecule has 5 nitrogen and oxygen atoms in total. The van der Waals surface area contributed by atoms with E-state index < -0.39 is 11.4 Å². The van der Waals surface area contributed by atoms with Crippen LogP contribution in [0, 0.1) is 0 Å². The maximum absolute atomic E-state index is 11.5. The molecule has 0 aliphatic carbocycles. The van der Waals surface area contributed by atoms with E-state index in [4.69, 9.17) is 14.2 Å². The van der Waals surface area contributed by atoms with Gasteiger partial charge in [0.2, 0.25) is 0 Å². The van der Waals surface area contributed by atoms with Gasteiger partial charge in [-0.05, 0) is 26.3 Å². The van der Waals surface area contributed by atoms with Crippen molar-refractivity contribution in [2.24, 2.45) is 0 Å². The molecule has 0 radical (unpaired) electrons. The van der Waals surface area contributed by atoms with Crippen LogP contribution in [0.2, 0.25) is 0 Å². The Morgan fingerprint density at radius 3 is 2.76 bits per heavy atom. The smallest absolute Gasteiger partial charge is 0.305 e. The fourth-order valence-corrected chi connectivity index (χ4v) is 2.21. The van der Waals surface area contributed by atoms with Crippen LogP contribution in [0.5, 0.6) is 0 Å². The van der Waals surface area contributed by atoms with Crippen molar-refractivity contribution >= 4 is 5.97 Å². The van der Waals surface area contributed by atoms with E-state index in [0.29, 0.717) is 19.6 Å². The normalized spacial score (nSPS) is 29.1. The Kier molecular flexibility index (Phi) is 7.35. The van der Waals surface area contributed by atoms with Crippen LogP contribution in [0.4, 0.5) is 0 Å². The van der Waals surface area contributed by atoms with Crippen LogP contribution in [0.15, 0.2) is 12.2 Å². The summed E-state index contributed by atoms with van der Waals surface area (Å²) in [5.41, 5.74) is -0.718. The van der Waals surface area contributed by atoms with Gasteiger partial charge in [0, 0.05) is 6.42 Å². The summed E-state index contributed by atoms with van der Waals surface area (Å²) < 4.78 is 16.7. The molecule has 1 aliphatic heterocycles. The van der Waals surface area contributed by atoms with E-state index in [0.717, 1.165) is 19.3 Å². The molecule has 1 rings (SSSR count). The highest BCUT2D eigenvalue weighted by Crippen LogP contribution is 2.36. The second kappa shape index (κ2) is 8.51. The minimum absolute atomic E-state index is 0.114. The number of hydrogen-bond donors (Lipinski definition) is 1. The molecule has 0 bridgehead atoms. The summed E-state index contributed by atoms with van der Waals surface area (Å²) >= 11 is 0. The first-order valence-electron chi connectivity index (χ1n) is 7.77. The van der Waals surface area contributed by atoms with Crippen LogP contribution in [-0.2, 0) is 19.0 Å². The average molecular weight is 300 g/mol. The SMILES string of the molecule is CCCC/C=C/[C@]1(CCC(=O)OCC)OC[C@](C)(CO)O1. The molecular formula is C16H28O5. The minimum Gasteiger partial charge on any atom is -0.466 e. The van der Waals surface area contributed by atoms with Gasteiger partial charge in [-0.25, -0.2) is 0 Å². The molecule has 1 fully saturated rings. The summed E-state index contributed by atoms with van der Waals surface area (Å²) in [5.74, 6) is -1.19. The first-order chi connectivity index (χ1) is 9.99. The number of rotatable bonds is 9. The number of carbonyl (C=O) groups excluding carboxylic acids is 1. The van der Waals surface area contributed by atoms with E-state index in [-0.39, 0.29) is 19.0 Å². The van der Waals surface area contributed by atoms with Crippen molar-refractivity contribution in [1.29, 1.82) is 0 Å². The van der Waals surface area contributed by atoms with Crippen molar-refractivity contribution in [2.45, 2.75) is 64.3 Å². The topological polar surface area (TPSA) is 65.0 Å². The van der Waals surface area contributed by atoms with E-state index in [2.05, 4.69) is 6.92 Å². The maximum Gasteiger partial charge on any atom is 0.305 e. The molecule has 1 heterocycles. The fourth-order valence-electron chi connectivity index (χ4n) is 2.21. The van der Waals surface area contributed by atoms with Gasteiger partial charge in [0.15, 0.2) is 5.79 Å². The fraction of sp³-hybridized carbons (Fsp3) is 0.812. The zero-order valence-electron chi connectivity index (χ0n) is 13.4. The lowest BCUT2D eigenvalue weighted by Gasteiger charge is -2.27. The van der Waals surface area contributed by atoms with Gasteiger partial charge in [0.05, 0.1) is 26.2 Å². The van der Waals surface area contributed by atoms with Crippen molar-refractivity contribution in [3.05, 3.63) is 12.2 Å². The molecule has 0 unspecified atom stereocenters. The molecule has 122 valence electrons. The molecule has 0 saturated carbocycles. The van der Waals surface area contributed by atoms with E-state index in [1.54, 1.807) is 13.8 Å². The van der Waals surface area contributed by atoms with Crippen molar-refractivity contribution in [2.75, 3.05) is 19.8 Å². The van der Waals surface area contributed by atoms with Gasteiger partial charge in [-0.2, -0.15) is 0 Å². The molecule has 21 heavy (non-hydrogen) atoms. The Bertz CT molecular complexity index is 355. The molecule has 1 aliphatic rings. The molecule has 0 spiro atoms. The number of aliphatic hydroxyl groups excluding tert-OH is 1. The second-order valence-electron chi connectivity index (χ2n) is 5.66. The molecule has 1 saturated heterocycles. The molecule has 0 amide bonds. The van der Waals surface area contributed by atoms with Crippen molar-refractivity contribution in [3.63, 3.8) is 0 Å². The van der Waals surface area contributed by atoms with Gasteiger partial charge in [-0.15, -0.1) is 0 Å².